The summed E-state index contributed by atoms with van der Waals surface area (Å²) in [5, 5.41) is 9.10. The van der Waals surface area contributed by atoms with Crippen LogP contribution in [-0.2, 0) is 23.5 Å². The van der Waals surface area contributed by atoms with Gasteiger partial charge in [-0.15, -0.1) is 0 Å². The van der Waals surface area contributed by atoms with E-state index in [2.05, 4.69) is 9.98 Å². The second kappa shape index (κ2) is 5.71. The third kappa shape index (κ3) is 2.50. The van der Waals surface area contributed by atoms with Crippen molar-refractivity contribution in [3.63, 3.8) is 0 Å². The first kappa shape index (κ1) is 14.0. The Morgan fingerprint density at radius 3 is 3.11 bits per heavy atom. The zero-order chi connectivity index (χ0) is 12.5. The van der Waals surface area contributed by atoms with E-state index in [9.17, 15) is 0 Å². The van der Waals surface area contributed by atoms with Crippen molar-refractivity contribution >= 4 is 22.8 Å². The number of hydrogen-bond acceptors (Lipinski definition) is 5. The molecule has 1 aliphatic rings. The number of aromatic nitrogens is 1. The second-order valence-electron chi connectivity index (χ2n) is 3.86. The van der Waals surface area contributed by atoms with E-state index in [-0.39, 0.29) is 17.1 Å². The monoisotopic (exact) mass is 316 g/mol. The summed E-state index contributed by atoms with van der Waals surface area (Å²) < 4.78 is 5.22. The van der Waals surface area contributed by atoms with Crippen LogP contribution < -0.4 is 10.2 Å². The van der Waals surface area contributed by atoms with Crippen LogP contribution in [0, 0.1) is 0 Å². The van der Waals surface area contributed by atoms with Gasteiger partial charge in [0, 0.05) is 16.9 Å². The minimum atomic E-state index is 0. The Bertz CT molecular complexity index is 627. The maximum absolute atomic E-state index is 8.45. The van der Waals surface area contributed by atoms with Gasteiger partial charge in [0.1, 0.15) is 12.1 Å². The molecule has 1 aromatic carbocycles. The van der Waals surface area contributed by atoms with Crippen LogP contribution in [0.2, 0.25) is 0 Å². The fraction of sp³-hybridized carbons (Fsp3) is 0.167. The van der Waals surface area contributed by atoms with Gasteiger partial charge in [0.25, 0.3) is 0 Å². The first-order valence-electron chi connectivity index (χ1n) is 5.41. The minimum Gasteiger partial charge on any atom is -0.497 e. The molecular formula is C12H11MnN3O2S+2. The van der Waals surface area contributed by atoms with Crippen molar-refractivity contribution in [1.82, 2.24) is 10.5 Å². The molecule has 0 saturated carbocycles. The summed E-state index contributed by atoms with van der Waals surface area (Å²) in [5.74, 6) is 0.867. The molecule has 0 saturated heterocycles. The summed E-state index contributed by atoms with van der Waals surface area (Å²) in [7, 11) is 1.67. The third-order valence-electron chi connectivity index (χ3n) is 2.84. The van der Waals surface area contributed by atoms with Crippen LogP contribution >= 0.6 is 11.3 Å². The largest absolute Gasteiger partial charge is 2.00 e. The average Bonchev–Trinajstić information content (AvgIpc) is 2.92. The zero-order valence-corrected chi connectivity index (χ0v) is 12.0. The summed E-state index contributed by atoms with van der Waals surface area (Å²) >= 11 is 1.53. The van der Waals surface area contributed by atoms with Gasteiger partial charge in [-0.25, -0.2) is 9.98 Å². The van der Waals surface area contributed by atoms with Gasteiger partial charge in [-0.3, -0.25) is 10.7 Å². The van der Waals surface area contributed by atoms with E-state index in [0.717, 1.165) is 23.4 Å². The maximum Gasteiger partial charge on any atom is 2.00 e. The Hall–Kier alpha value is -1.40. The van der Waals surface area contributed by atoms with Crippen molar-refractivity contribution < 1.29 is 27.0 Å². The van der Waals surface area contributed by atoms with Crippen molar-refractivity contribution in [1.29, 1.82) is 0 Å². The number of hydrogen-bond donors (Lipinski definition) is 2. The van der Waals surface area contributed by atoms with Gasteiger partial charge < -0.3 is 4.74 Å². The molecule has 1 radical (unpaired) electrons. The SMILES string of the molecule is COc1ccc2c(c1)Cc1sc(/N=C\NO)nc1-2.[Mn+2]. The molecule has 5 nitrogen and oxygen atoms in total. The second-order valence-corrected chi connectivity index (χ2v) is 4.92. The molecular weight excluding hydrogens is 305 g/mol. The van der Waals surface area contributed by atoms with Crippen LogP contribution in [-0.4, -0.2) is 23.6 Å². The molecule has 1 heterocycles. The number of fused-ring (bicyclic) bond motifs is 3. The number of thiazole rings is 1. The average molecular weight is 316 g/mol. The van der Waals surface area contributed by atoms with Crippen LogP contribution in [0.4, 0.5) is 5.13 Å². The summed E-state index contributed by atoms with van der Waals surface area (Å²) in [4.78, 5) is 9.64. The van der Waals surface area contributed by atoms with Crippen molar-refractivity contribution in [2.24, 2.45) is 4.99 Å². The number of hydroxylamine groups is 1. The van der Waals surface area contributed by atoms with Gasteiger partial charge >= 0.3 is 17.1 Å². The number of ether oxygens (including phenoxy) is 1. The van der Waals surface area contributed by atoms with Gasteiger partial charge in [0.15, 0.2) is 0 Å². The molecule has 0 unspecified atom stereocenters. The van der Waals surface area contributed by atoms with Crippen LogP contribution in [0.5, 0.6) is 5.75 Å². The summed E-state index contributed by atoms with van der Waals surface area (Å²) in [6.45, 7) is 0. The Balaban J connectivity index is 0.00000133. The van der Waals surface area contributed by atoms with Gasteiger partial charge in [0.05, 0.1) is 12.8 Å². The zero-order valence-electron chi connectivity index (χ0n) is 10.1. The topological polar surface area (TPSA) is 66.7 Å². The van der Waals surface area contributed by atoms with Crippen molar-refractivity contribution in [2.45, 2.75) is 6.42 Å². The number of nitrogens with zero attached hydrogens (tertiary/aromatic N) is 2. The van der Waals surface area contributed by atoms with Gasteiger partial charge in [-0.2, -0.15) is 0 Å². The first-order valence-corrected chi connectivity index (χ1v) is 6.22. The molecule has 2 aromatic rings. The van der Waals surface area contributed by atoms with Crippen LogP contribution in [0.15, 0.2) is 23.2 Å². The number of benzene rings is 1. The first-order chi connectivity index (χ1) is 8.81. The summed E-state index contributed by atoms with van der Waals surface area (Å²) in [5.41, 5.74) is 5.24. The van der Waals surface area contributed by atoms with Crippen LogP contribution in [0.3, 0.4) is 0 Å². The molecule has 1 aliphatic carbocycles. The Morgan fingerprint density at radius 1 is 1.53 bits per heavy atom. The minimum absolute atomic E-state index is 0. The van der Waals surface area contributed by atoms with E-state index in [1.54, 1.807) is 7.11 Å². The molecule has 19 heavy (non-hydrogen) atoms. The molecule has 0 spiro atoms. The maximum atomic E-state index is 8.45. The molecule has 1 aromatic heterocycles. The Kier molecular flexibility index (Phi) is 4.21. The van der Waals surface area contributed by atoms with Gasteiger partial charge in [-0.05, 0) is 23.8 Å². The Labute approximate surface area is 124 Å². The van der Waals surface area contributed by atoms with E-state index >= 15 is 0 Å². The predicted octanol–water partition coefficient (Wildman–Crippen LogP) is 2.36. The number of rotatable bonds is 3. The van der Waals surface area contributed by atoms with Crippen molar-refractivity contribution in [2.75, 3.05) is 7.11 Å². The van der Waals surface area contributed by atoms with Gasteiger partial charge in [0.2, 0.25) is 5.13 Å². The molecule has 97 valence electrons. The fourth-order valence-corrected chi connectivity index (χ4v) is 3.00. The summed E-state index contributed by atoms with van der Waals surface area (Å²) in [6, 6.07) is 6.00. The number of nitrogens with one attached hydrogen (secondary N) is 1. The van der Waals surface area contributed by atoms with Crippen LogP contribution in [0.1, 0.15) is 10.4 Å². The molecule has 3 rings (SSSR count). The predicted molar refractivity (Wildman–Crippen MR) is 70.0 cm³/mol. The van der Waals surface area contributed by atoms with E-state index in [0.29, 0.717) is 5.13 Å². The normalized spacial score (nSPS) is 11.9. The molecule has 0 atom stereocenters. The molecule has 0 aliphatic heterocycles. The van der Waals surface area contributed by atoms with E-state index in [4.69, 9.17) is 9.94 Å². The van der Waals surface area contributed by atoms with Crippen molar-refractivity contribution in [3.05, 3.63) is 28.6 Å². The standard InChI is InChI=1S/C12H11N3O2S.Mn/c1-17-8-2-3-9-7(4-8)5-10-11(9)15-12(18-10)13-6-14-16;/h2-4,6,16H,5H2,1H3,(H,13,14,15);/q;+2. The van der Waals surface area contributed by atoms with Crippen molar-refractivity contribution in [3.8, 4) is 17.0 Å². The molecule has 7 heteroatoms. The van der Waals surface area contributed by atoms with E-state index < -0.39 is 0 Å². The Morgan fingerprint density at radius 2 is 2.37 bits per heavy atom. The van der Waals surface area contributed by atoms with E-state index in [1.165, 1.54) is 28.1 Å². The van der Waals surface area contributed by atoms with E-state index in [1.807, 2.05) is 23.7 Å². The summed E-state index contributed by atoms with van der Waals surface area (Å²) in [6.07, 6.45) is 2.07. The number of aliphatic imine (C=N–C) groups is 1. The fourth-order valence-electron chi connectivity index (χ4n) is 2.06. The number of methoxy groups -OCH3 is 1. The third-order valence-corrected chi connectivity index (χ3v) is 3.80. The quantitative estimate of drug-likeness (QED) is 0.337. The molecule has 2 N–H and O–H groups in total. The molecule has 0 amide bonds. The molecule has 0 bridgehead atoms. The van der Waals surface area contributed by atoms with Gasteiger partial charge in [-0.1, -0.05) is 11.3 Å². The smallest absolute Gasteiger partial charge is 0.497 e. The molecule has 0 fully saturated rings. The van der Waals surface area contributed by atoms with Crippen LogP contribution in [0.25, 0.3) is 11.3 Å².